The number of likely N-dealkylation sites (tertiary alicyclic amines) is 1. The second kappa shape index (κ2) is 18.4. The summed E-state index contributed by atoms with van der Waals surface area (Å²) in [6.07, 6.45) is 10.9. The number of carbonyl (C=O) groups is 1. The molecule has 0 atom stereocenters. The van der Waals surface area contributed by atoms with E-state index in [0.717, 1.165) is 111 Å². The maximum absolute atomic E-state index is 13.3. The zero-order valence-electron chi connectivity index (χ0n) is 28.7. The Balaban J connectivity index is 0.000000698. The Morgan fingerprint density at radius 1 is 0.980 bits per heavy atom. The predicted molar refractivity (Wildman–Crippen MR) is 183 cm³/mol. The van der Waals surface area contributed by atoms with Crippen molar-refractivity contribution in [2.75, 3.05) is 46.9 Å². The lowest BCUT2D eigenvalue weighted by molar-refractivity contribution is -0.192. The molecule has 1 aromatic carbocycles. The van der Waals surface area contributed by atoms with Gasteiger partial charge in [0, 0.05) is 55.9 Å². The number of piperidine rings is 2. The second-order valence-electron chi connectivity index (χ2n) is 12.6. The third kappa shape index (κ3) is 10.7. The minimum absolute atomic E-state index is 0.0128. The topological polar surface area (TPSA) is 115 Å². The maximum Gasteiger partial charge on any atom is 0.490 e. The van der Waals surface area contributed by atoms with E-state index >= 15 is 0 Å². The number of alkyl halides is 3. The maximum atomic E-state index is 13.3. The number of benzene rings is 1. The number of nitrogens with one attached hydrogen (secondary N) is 1. The van der Waals surface area contributed by atoms with Crippen LogP contribution in [0.3, 0.4) is 0 Å². The number of carboxylic acids is 1. The smallest absolute Gasteiger partial charge is 0.490 e. The van der Waals surface area contributed by atoms with Crippen molar-refractivity contribution in [2.24, 2.45) is 0 Å². The first kappa shape index (κ1) is 38.1. The van der Waals surface area contributed by atoms with E-state index in [4.69, 9.17) is 24.1 Å². The molecule has 0 amide bonds. The van der Waals surface area contributed by atoms with Gasteiger partial charge in [0.25, 0.3) is 5.56 Å². The molecule has 0 bridgehead atoms. The highest BCUT2D eigenvalue weighted by atomic mass is 19.4. The van der Waals surface area contributed by atoms with Crippen molar-refractivity contribution < 1.29 is 37.3 Å². The summed E-state index contributed by atoms with van der Waals surface area (Å²) >= 11 is 0. The second-order valence-corrected chi connectivity index (χ2v) is 12.6. The van der Waals surface area contributed by atoms with Gasteiger partial charge in [0.1, 0.15) is 11.5 Å². The monoisotopic (exact) mass is 690 g/mol. The summed E-state index contributed by atoms with van der Waals surface area (Å²) in [6.45, 7) is 8.09. The Morgan fingerprint density at radius 3 is 2.20 bits per heavy atom. The first-order valence-corrected chi connectivity index (χ1v) is 17.2. The number of unbranched alkanes of at least 4 members (excludes halogenated alkanes) is 3. The largest absolute Gasteiger partial charge is 0.496 e. The van der Waals surface area contributed by atoms with E-state index in [1.807, 2.05) is 16.8 Å². The van der Waals surface area contributed by atoms with Crippen LogP contribution in [0.2, 0.25) is 0 Å². The number of nitrogens with zero attached hydrogens (tertiary/aromatic N) is 3. The molecule has 5 rings (SSSR count). The molecule has 2 aliphatic heterocycles. The van der Waals surface area contributed by atoms with Crippen molar-refractivity contribution in [1.82, 2.24) is 19.8 Å². The number of pyridine rings is 2. The molecule has 49 heavy (non-hydrogen) atoms. The van der Waals surface area contributed by atoms with Crippen molar-refractivity contribution in [3.05, 3.63) is 52.7 Å². The molecule has 2 aliphatic rings. The summed E-state index contributed by atoms with van der Waals surface area (Å²) in [5.41, 5.74) is 3.05. The lowest BCUT2D eigenvalue weighted by Crippen LogP contribution is -2.41. The quantitative estimate of drug-likeness (QED) is 0.206. The van der Waals surface area contributed by atoms with Crippen molar-refractivity contribution in [3.8, 4) is 22.6 Å². The van der Waals surface area contributed by atoms with Gasteiger partial charge in [-0.3, -0.25) is 9.78 Å². The third-order valence-corrected chi connectivity index (χ3v) is 9.19. The molecular formula is C36H49F3N4O6. The van der Waals surface area contributed by atoms with Gasteiger partial charge in [-0.25, -0.2) is 4.79 Å². The van der Waals surface area contributed by atoms with Crippen molar-refractivity contribution in [1.29, 1.82) is 0 Å². The fraction of sp³-hybridized carbons (Fsp3) is 0.583. The molecule has 3 aromatic rings. The van der Waals surface area contributed by atoms with Crippen LogP contribution in [0, 0.1) is 0 Å². The van der Waals surface area contributed by atoms with Gasteiger partial charge in [-0.2, -0.15) is 13.2 Å². The van der Waals surface area contributed by atoms with Crippen LogP contribution in [-0.2, 0) is 22.5 Å². The Kier molecular flexibility index (Phi) is 14.3. The summed E-state index contributed by atoms with van der Waals surface area (Å²) in [5, 5.41) is 12.1. The first-order chi connectivity index (χ1) is 23.5. The van der Waals surface area contributed by atoms with Gasteiger partial charge < -0.3 is 34.1 Å². The Labute approximate surface area is 285 Å². The fourth-order valence-corrected chi connectivity index (χ4v) is 6.47. The molecule has 4 heterocycles. The average Bonchev–Trinajstić information content (AvgIpc) is 3.10. The summed E-state index contributed by atoms with van der Waals surface area (Å²) in [7, 11) is 3.45. The van der Waals surface area contributed by atoms with Gasteiger partial charge in [-0.15, -0.1) is 0 Å². The number of fused-ring (bicyclic) bond motifs is 1. The number of hydrogen-bond donors (Lipinski definition) is 2. The molecule has 0 unspecified atom stereocenters. The number of rotatable bonds is 13. The molecular weight excluding hydrogens is 641 g/mol. The summed E-state index contributed by atoms with van der Waals surface area (Å²) in [6, 6.07) is 6.12. The number of aryl methyl sites for hydroxylation is 1. The van der Waals surface area contributed by atoms with E-state index in [1.54, 1.807) is 26.6 Å². The highest BCUT2D eigenvalue weighted by Crippen LogP contribution is 2.37. The molecule has 2 N–H and O–H groups in total. The Hall–Kier alpha value is -3.68. The number of aliphatic carboxylic acids is 1. The van der Waals surface area contributed by atoms with Crippen molar-refractivity contribution in [3.63, 3.8) is 0 Å². The van der Waals surface area contributed by atoms with E-state index < -0.39 is 12.1 Å². The van der Waals surface area contributed by atoms with E-state index in [1.165, 1.54) is 12.8 Å². The predicted octanol–water partition coefficient (Wildman–Crippen LogP) is 6.07. The highest BCUT2D eigenvalue weighted by Gasteiger charge is 2.38. The molecule has 10 nitrogen and oxygen atoms in total. The van der Waals surface area contributed by atoms with Crippen LogP contribution in [-0.4, -0.2) is 90.9 Å². The zero-order chi connectivity index (χ0) is 35.4. The molecule has 2 saturated heterocycles. The van der Waals surface area contributed by atoms with Crippen LogP contribution in [0.1, 0.15) is 63.9 Å². The van der Waals surface area contributed by atoms with Gasteiger partial charge in [-0.1, -0.05) is 26.2 Å². The Bertz CT molecular complexity index is 1540. The number of carboxylic acid groups (broad SMARTS) is 1. The molecule has 0 saturated carbocycles. The summed E-state index contributed by atoms with van der Waals surface area (Å²) < 4.78 is 51.9. The lowest BCUT2D eigenvalue weighted by atomic mass is 9.97. The van der Waals surface area contributed by atoms with Gasteiger partial charge in [0.2, 0.25) is 0 Å². The lowest BCUT2D eigenvalue weighted by Gasteiger charge is -2.35. The van der Waals surface area contributed by atoms with E-state index in [-0.39, 0.29) is 5.56 Å². The zero-order valence-corrected chi connectivity index (χ0v) is 28.7. The molecule has 0 aliphatic carbocycles. The standard InChI is InChI=1S/C34H48N4O4.C2HF3O2/c1-4-5-6-7-17-38-24-31(28-10-16-36-23-30(28)34(38)39)25-21-32(40-2)29(33(22-25)41-3)13-20-37-18-11-27(12-19-37)42-26-8-14-35-15-9-26;3-2(4,5)1(6)7/h10,16,21-24,26-27,35H,4-9,11-15,17-20H2,1-3H3;(H,6,7). The molecule has 2 fully saturated rings. The number of ether oxygens (including phenoxy) is 3. The van der Waals surface area contributed by atoms with Crippen LogP contribution in [0.5, 0.6) is 11.5 Å². The van der Waals surface area contributed by atoms with Crippen LogP contribution in [0.15, 0.2) is 41.6 Å². The third-order valence-electron chi connectivity index (χ3n) is 9.19. The van der Waals surface area contributed by atoms with E-state index in [9.17, 15) is 18.0 Å². The Morgan fingerprint density at radius 2 is 1.61 bits per heavy atom. The number of hydrogen-bond acceptors (Lipinski definition) is 8. The molecule has 0 radical (unpaired) electrons. The summed E-state index contributed by atoms with van der Waals surface area (Å²) in [5.74, 6) is -1.12. The van der Waals surface area contributed by atoms with Crippen molar-refractivity contribution in [2.45, 2.75) is 89.6 Å². The molecule has 0 spiro atoms. The molecule has 13 heteroatoms. The van der Waals surface area contributed by atoms with E-state index in [2.05, 4.69) is 34.3 Å². The molecule has 270 valence electrons. The van der Waals surface area contributed by atoms with Crippen LogP contribution >= 0.6 is 0 Å². The molecule has 2 aromatic heterocycles. The van der Waals surface area contributed by atoms with Gasteiger partial charge in [-0.05, 0) is 80.8 Å². The van der Waals surface area contributed by atoms with Crippen LogP contribution in [0.4, 0.5) is 13.2 Å². The van der Waals surface area contributed by atoms with Gasteiger partial charge >= 0.3 is 12.1 Å². The average molecular weight is 691 g/mol. The van der Waals surface area contributed by atoms with Gasteiger partial charge in [0.15, 0.2) is 0 Å². The number of halogens is 3. The first-order valence-electron chi connectivity index (χ1n) is 17.2. The summed E-state index contributed by atoms with van der Waals surface area (Å²) in [4.78, 5) is 29.0. The fourth-order valence-electron chi connectivity index (χ4n) is 6.47. The van der Waals surface area contributed by atoms with Gasteiger partial charge in [0.05, 0.1) is 31.8 Å². The van der Waals surface area contributed by atoms with Crippen molar-refractivity contribution >= 4 is 16.7 Å². The van der Waals surface area contributed by atoms with Crippen LogP contribution < -0.4 is 20.3 Å². The number of aromatic nitrogens is 2. The highest BCUT2D eigenvalue weighted by molar-refractivity contribution is 5.95. The van der Waals surface area contributed by atoms with E-state index in [0.29, 0.717) is 24.1 Å². The SMILES string of the molecule is CCCCCCn1cc(-c2cc(OC)c(CCN3CCC(OC4CCNCC4)CC3)c(OC)c2)c2ccncc2c1=O.O=C(O)C(F)(F)F. The number of methoxy groups -OCH3 is 2. The normalized spacial score (nSPS) is 16.3. The minimum atomic E-state index is -5.08. The minimum Gasteiger partial charge on any atom is -0.496 e. The van der Waals surface area contributed by atoms with Crippen LogP contribution in [0.25, 0.3) is 21.9 Å².